The summed E-state index contributed by atoms with van der Waals surface area (Å²) in [6, 6.07) is 7.04. The predicted octanol–water partition coefficient (Wildman–Crippen LogP) is 5.07. The lowest BCUT2D eigenvalue weighted by Gasteiger charge is -2.41. The van der Waals surface area contributed by atoms with E-state index in [0.29, 0.717) is 32.2 Å². The van der Waals surface area contributed by atoms with E-state index < -0.39 is 53.7 Å². The number of carbonyl (C=O) groups is 4. The zero-order valence-corrected chi connectivity index (χ0v) is 30.3. The van der Waals surface area contributed by atoms with Crippen molar-refractivity contribution < 1.29 is 33.8 Å². The van der Waals surface area contributed by atoms with Crippen LogP contribution in [0.4, 0.5) is 0 Å². The monoisotopic (exact) mass is 679 g/mol. The molecule has 2 bridgehead atoms. The van der Waals surface area contributed by atoms with Gasteiger partial charge in [0.25, 0.3) is 0 Å². The molecule has 1 N–H and O–H groups in total. The summed E-state index contributed by atoms with van der Waals surface area (Å²) in [5.74, 6) is -3.04. The number of esters is 1. The molecule has 0 saturated carbocycles. The molecule has 0 aromatic heterocycles. The number of hydrogen-bond donors (Lipinski definition) is 1. The van der Waals surface area contributed by atoms with Crippen molar-refractivity contribution in [2.75, 3.05) is 20.2 Å². The first kappa shape index (κ1) is 38.3. The Labute approximate surface area is 292 Å². The Kier molecular flexibility index (Phi) is 12.9. The van der Waals surface area contributed by atoms with Gasteiger partial charge in [0.05, 0.1) is 36.6 Å². The average Bonchev–Trinajstić information content (AvgIpc) is 3.74. The third-order valence-electron chi connectivity index (χ3n) is 10.8. The normalized spacial score (nSPS) is 26.5. The van der Waals surface area contributed by atoms with Gasteiger partial charge in [-0.25, -0.2) is 0 Å². The first-order valence-electron chi connectivity index (χ1n) is 18.0. The van der Waals surface area contributed by atoms with Gasteiger partial charge in [-0.15, -0.1) is 13.2 Å². The number of likely N-dealkylation sites (tertiary alicyclic amines) is 1. The van der Waals surface area contributed by atoms with E-state index in [-0.39, 0.29) is 42.7 Å². The number of likely N-dealkylation sites (N-methyl/N-ethyl adjacent to an activating group) is 1. The van der Waals surface area contributed by atoms with Gasteiger partial charge in [-0.1, -0.05) is 69.7 Å². The van der Waals surface area contributed by atoms with Crippen LogP contribution >= 0.6 is 0 Å². The number of allylic oxidation sites excluding steroid dienone is 1. The highest BCUT2D eigenvalue weighted by Gasteiger charge is 2.75. The molecule has 1 aromatic rings. The topological polar surface area (TPSA) is 117 Å². The Bertz CT molecular complexity index is 1350. The zero-order chi connectivity index (χ0) is 36.0. The lowest BCUT2D eigenvalue weighted by molar-refractivity contribution is -0.165. The first-order valence-corrected chi connectivity index (χ1v) is 18.0. The van der Waals surface area contributed by atoms with Crippen molar-refractivity contribution in [2.45, 2.75) is 122 Å². The number of aliphatic hydroxyl groups excluding tert-OH is 1. The van der Waals surface area contributed by atoms with Crippen molar-refractivity contribution >= 4 is 23.7 Å². The van der Waals surface area contributed by atoms with Crippen LogP contribution in [-0.2, 0) is 28.7 Å². The maximum Gasteiger partial charge on any atom is 0.313 e. The third-order valence-corrected chi connectivity index (χ3v) is 10.8. The molecule has 3 aliphatic rings. The minimum atomic E-state index is -1.23. The molecule has 1 spiro atoms. The fourth-order valence-corrected chi connectivity index (χ4v) is 8.33. The Morgan fingerprint density at radius 1 is 1.14 bits per heavy atom. The van der Waals surface area contributed by atoms with Crippen molar-refractivity contribution in [2.24, 2.45) is 17.8 Å². The van der Waals surface area contributed by atoms with E-state index >= 15 is 0 Å². The van der Waals surface area contributed by atoms with Gasteiger partial charge in [-0.2, -0.15) is 0 Å². The van der Waals surface area contributed by atoms with E-state index in [2.05, 4.69) is 20.1 Å². The summed E-state index contributed by atoms with van der Waals surface area (Å²) in [5.41, 5.74) is -0.510. The number of nitrogens with zero attached hydrogens (tertiary/aromatic N) is 3. The van der Waals surface area contributed by atoms with Crippen LogP contribution in [-0.4, -0.2) is 99.6 Å². The van der Waals surface area contributed by atoms with Gasteiger partial charge in [0, 0.05) is 26.1 Å². The van der Waals surface area contributed by atoms with Gasteiger partial charge in [-0.3, -0.25) is 19.2 Å². The number of aliphatic hydroxyl groups is 1. The number of carbonyl (C=O) groups excluding carboxylic acids is 4. The molecule has 0 radical (unpaired) electrons. The number of ether oxygens (including phenoxy) is 2. The summed E-state index contributed by atoms with van der Waals surface area (Å²) < 4.78 is 13.0. The third kappa shape index (κ3) is 7.50. The number of rotatable bonds is 18. The Balaban J connectivity index is 1.74. The second-order valence-corrected chi connectivity index (χ2v) is 14.5. The van der Waals surface area contributed by atoms with Gasteiger partial charge in [0.2, 0.25) is 17.7 Å². The maximum atomic E-state index is 14.7. The molecule has 3 fully saturated rings. The molecule has 10 heteroatoms. The SMILES string of the molecule is C=CCCC(=O)N(C)[C@@H](C)[C@@H](OC(=O)[C@@H]1[C@@H]2CC[C@]3(O2)[C@H](C(=O)N(CC=C)C(C)CCC)N([C@@H](CO)CC(C)C)C(=O)[C@@H]13)c1ccccc1. The van der Waals surface area contributed by atoms with E-state index in [1.807, 2.05) is 58.0 Å². The Morgan fingerprint density at radius 2 is 1.84 bits per heavy atom. The second kappa shape index (κ2) is 16.5. The number of fused-ring (bicyclic) bond motifs is 1. The van der Waals surface area contributed by atoms with Crippen LogP contribution in [0.2, 0.25) is 0 Å². The van der Waals surface area contributed by atoms with Gasteiger partial charge in [0.15, 0.2) is 0 Å². The van der Waals surface area contributed by atoms with Gasteiger partial charge in [0.1, 0.15) is 17.7 Å². The van der Waals surface area contributed by atoms with Gasteiger partial charge in [-0.05, 0) is 57.4 Å². The van der Waals surface area contributed by atoms with Crippen LogP contribution < -0.4 is 0 Å². The quantitative estimate of drug-likeness (QED) is 0.170. The summed E-state index contributed by atoms with van der Waals surface area (Å²) in [6.07, 6.45) is 5.85. The van der Waals surface area contributed by atoms with Crippen LogP contribution in [0.3, 0.4) is 0 Å². The van der Waals surface area contributed by atoms with Crippen molar-refractivity contribution in [1.82, 2.24) is 14.7 Å². The zero-order valence-electron chi connectivity index (χ0n) is 30.3. The molecule has 49 heavy (non-hydrogen) atoms. The lowest BCUT2D eigenvalue weighted by atomic mass is 9.70. The molecule has 3 aliphatic heterocycles. The van der Waals surface area contributed by atoms with Crippen molar-refractivity contribution in [3.8, 4) is 0 Å². The molecule has 10 nitrogen and oxygen atoms in total. The minimum absolute atomic E-state index is 0.101. The summed E-state index contributed by atoms with van der Waals surface area (Å²) in [5, 5.41) is 10.6. The van der Waals surface area contributed by atoms with E-state index in [1.54, 1.807) is 33.9 Å². The second-order valence-electron chi connectivity index (χ2n) is 14.5. The fourth-order valence-electron chi connectivity index (χ4n) is 8.33. The van der Waals surface area contributed by atoms with Crippen LogP contribution in [0.5, 0.6) is 0 Å². The molecule has 3 heterocycles. The molecule has 4 rings (SSSR count). The highest BCUT2D eigenvalue weighted by Crippen LogP contribution is 2.59. The van der Waals surface area contributed by atoms with E-state index in [1.165, 1.54) is 0 Å². The summed E-state index contributed by atoms with van der Waals surface area (Å²) >= 11 is 0. The standard InChI is InChI=1S/C39H57N3O7/c1-9-12-19-31(44)40(8)27(7)34(28-17-14-13-15-18-28)48-38(47)32-30-20-21-39(49-30)33(32)36(45)42(29(24-43)23-25(4)5)35(39)37(46)41(22-11-3)26(6)16-10-2/h9,11,13-15,17-18,25-27,29-30,32-35,43H,1,3,10,12,16,19-24H2,2,4-8H3/t26?,27-,29+,30-,32+,33+,34+,35-,39+/m0/s1. The summed E-state index contributed by atoms with van der Waals surface area (Å²) in [7, 11) is 1.70. The molecule has 9 atom stereocenters. The Hall–Kier alpha value is -3.50. The molecule has 1 unspecified atom stereocenters. The van der Waals surface area contributed by atoms with Crippen molar-refractivity contribution in [3.63, 3.8) is 0 Å². The molecule has 3 saturated heterocycles. The highest BCUT2D eigenvalue weighted by atomic mass is 16.6. The van der Waals surface area contributed by atoms with Crippen molar-refractivity contribution in [3.05, 3.63) is 61.2 Å². The van der Waals surface area contributed by atoms with E-state index in [4.69, 9.17) is 9.47 Å². The molecular weight excluding hydrogens is 622 g/mol. The number of hydrogen-bond acceptors (Lipinski definition) is 7. The van der Waals surface area contributed by atoms with Crippen LogP contribution in [0, 0.1) is 17.8 Å². The largest absolute Gasteiger partial charge is 0.455 e. The maximum absolute atomic E-state index is 14.7. The molecule has 0 aliphatic carbocycles. The first-order chi connectivity index (χ1) is 23.4. The van der Waals surface area contributed by atoms with Crippen LogP contribution in [0.1, 0.15) is 91.2 Å². The van der Waals surface area contributed by atoms with Gasteiger partial charge < -0.3 is 29.3 Å². The number of benzene rings is 1. The molecule has 1 aromatic carbocycles. The molecule has 3 amide bonds. The van der Waals surface area contributed by atoms with E-state index in [9.17, 15) is 24.3 Å². The van der Waals surface area contributed by atoms with Gasteiger partial charge >= 0.3 is 5.97 Å². The highest BCUT2D eigenvalue weighted by molar-refractivity contribution is 5.98. The van der Waals surface area contributed by atoms with Crippen LogP contribution in [0.15, 0.2) is 55.6 Å². The summed E-state index contributed by atoms with van der Waals surface area (Å²) in [4.78, 5) is 61.8. The fraction of sp³-hybridized carbons (Fsp3) is 0.641. The number of amides is 3. The lowest BCUT2D eigenvalue weighted by Crippen LogP contribution is -2.60. The minimum Gasteiger partial charge on any atom is -0.455 e. The smallest absolute Gasteiger partial charge is 0.313 e. The Morgan fingerprint density at radius 3 is 2.43 bits per heavy atom. The average molecular weight is 680 g/mol. The van der Waals surface area contributed by atoms with Crippen LogP contribution in [0.25, 0.3) is 0 Å². The molecular formula is C39H57N3O7. The predicted molar refractivity (Wildman–Crippen MR) is 188 cm³/mol. The van der Waals surface area contributed by atoms with E-state index in [0.717, 1.165) is 18.4 Å². The molecule has 270 valence electrons. The summed E-state index contributed by atoms with van der Waals surface area (Å²) in [6.45, 7) is 17.5. The van der Waals surface area contributed by atoms with Crippen molar-refractivity contribution in [1.29, 1.82) is 0 Å².